The van der Waals surface area contributed by atoms with E-state index in [2.05, 4.69) is 16.7 Å². The van der Waals surface area contributed by atoms with Gasteiger partial charge in [-0.1, -0.05) is 18.2 Å². The standard InChI is InChI=1S/C17H17N3O2S/c18-10-9-13-5-7-14(8-6-13)20-16(21)4-1-11-19-17(22)15-3-2-12-23-15/h2-3,5-8,12H,1,4,9,11H2,(H,19,22)(H,20,21). The number of benzene rings is 1. The maximum Gasteiger partial charge on any atom is 0.261 e. The predicted molar refractivity (Wildman–Crippen MR) is 90.3 cm³/mol. The van der Waals surface area contributed by atoms with Crippen molar-refractivity contribution < 1.29 is 9.59 Å². The number of amides is 2. The van der Waals surface area contributed by atoms with Crippen molar-refractivity contribution in [1.82, 2.24) is 5.32 Å². The number of carbonyl (C=O) groups excluding carboxylic acids is 2. The number of hydrogen-bond donors (Lipinski definition) is 2. The topological polar surface area (TPSA) is 82.0 Å². The Morgan fingerprint density at radius 3 is 2.61 bits per heavy atom. The quantitative estimate of drug-likeness (QED) is 0.767. The second kappa shape index (κ2) is 8.71. The molecular weight excluding hydrogens is 310 g/mol. The number of nitriles is 1. The van der Waals surface area contributed by atoms with Crippen LogP contribution < -0.4 is 10.6 Å². The number of anilines is 1. The zero-order chi connectivity index (χ0) is 16.5. The van der Waals surface area contributed by atoms with Crippen LogP contribution in [-0.4, -0.2) is 18.4 Å². The lowest BCUT2D eigenvalue weighted by atomic mass is 10.1. The van der Waals surface area contributed by atoms with Crippen LogP contribution in [0.2, 0.25) is 0 Å². The molecule has 0 atom stereocenters. The lowest BCUT2D eigenvalue weighted by Gasteiger charge is -2.06. The Morgan fingerprint density at radius 1 is 1.17 bits per heavy atom. The first-order chi connectivity index (χ1) is 11.2. The van der Waals surface area contributed by atoms with Crippen molar-refractivity contribution in [2.45, 2.75) is 19.3 Å². The number of nitrogens with one attached hydrogen (secondary N) is 2. The fourth-order valence-electron chi connectivity index (χ4n) is 1.97. The maximum atomic E-state index is 11.8. The van der Waals surface area contributed by atoms with E-state index in [1.54, 1.807) is 18.2 Å². The zero-order valence-corrected chi connectivity index (χ0v) is 13.4. The molecule has 0 fully saturated rings. The molecule has 0 unspecified atom stereocenters. The van der Waals surface area contributed by atoms with Crippen molar-refractivity contribution in [3.63, 3.8) is 0 Å². The summed E-state index contributed by atoms with van der Waals surface area (Å²) in [6.45, 7) is 0.464. The summed E-state index contributed by atoms with van der Waals surface area (Å²) >= 11 is 1.39. The van der Waals surface area contributed by atoms with Gasteiger partial charge in [-0.3, -0.25) is 9.59 Å². The van der Waals surface area contributed by atoms with Crippen LogP contribution in [0.5, 0.6) is 0 Å². The van der Waals surface area contributed by atoms with E-state index in [4.69, 9.17) is 5.26 Å². The molecule has 0 saturated heterocycles. The van der Waals surface area contributed by atoms with E-state index >= 15 is 0 Å². The van der Waals surface area contributed by atoms with E-state index in [0.29, 0.717) is 36.4 Å². The SMILES string of the molecule is N#CCc1ccc(NC(=O)CCCNC(=O)c2cccs2)cc1. The van der Waals surface area contributed by atoms with Gasteiger partial charge in [0.05, 0.1) is 17.4 Å². The molecule has 2 N–H and O–H groups in total. The molecule has 6 heteroatoms. The first-order valence-electron chi connectivity index (χ1n) is 7.26. The van der Waals surface area contributed by atoms with E-state index in [-0.39, 0.29) is 11.8 Å². The molecule has 1 heterocycles. The molecule has 2 amide bonds. The lowest BCUT2D eigenvalue weighted by molar-refractivity contribution is -0.116. The van der Waals surface area contributed by atoms with Crippen LogP contribution >= 0.6 is 11.3 Å². The molecule has 0 saturated carbocycles. The summed E-state index contributed by atoms with van der Waals surface area (Å²) in [5.74, 6) is -0.197. The largest absolute Gasteiger partial charge is 0.351 e. The fourth-order valence-corrected chi connectivity index (χ4v) is 2.61. The van der Waals surface area contributed by atoms with Crippen LogP contribution in [0.1, 0.15) is 28.1 Å². The molecule has 118 valence electrons. The molecule has 0 radical (unpaired) electrons. The molecule has 0 aliphatic carbocycles. The van der Waals surface area contributed by atoms with Crippen molar-refractivity contribution in [2.75, 3.05) is 11.9 Å². The molecule has 1 aromatic carbocycles. The Hall–Kier alpha value is -2.65. The smallest absolute Gasteiger partial charge is 0.261 e. The molecule has 0 bridgehead atoms. The Labute approximate surface area is 138 Å². The number of hydrogen-bond acceptors (Lipinski definition) is 4. The summed E-state index contributed by atoms with van der Waals surface area (Å²) in [5.41, 5.74) is 1.63. The maximum absolute atomic E-state index is 11.8. The Kier molecular flexibility index (Phi) is 6.33. The van der Waals surface area contributed by atoms with Crippen LogP contribution in [-0.2, 0) is 11.2 Å². The molecular formula is C17H17N3O2S. The summed E-state index contributed by atoms with van der Waals surface area (Å²) < 4.78 is 0. The molecule has 0 aliphatic heterocycles. The second-order valence-corrected chi connectivity index (χ2v) is 5.86. The number of rotatable bonds is 7. The average molecular weight is 327 g/mol. The zero-order valence-electron chi connectivity index (χ0n) is 12.5. The third kappa shape index (κ3) is 5.57. The average Bonchev–Trinajstić information content (AvgIpc) is 3.08. The van der Waals surface area contributed by atoms with Crippen molar-refractivity contribution in [1.29, 1.82) is 5.26 Å². The highest BCUT2D eigenvalue weighted by Crippen LogP contribution is 2.11. The van der Waals surface area contributed by atoms with Crippen molar-refractivity contribution >= 4 is 28.8 Å². The van der Waals surface area contributed by atoms with E-state index < -0.39 is 0 Å². The summed E-state index contributed by atoms with van der Waals surface area (Å²) in [6, 6.07) is 12.9. The van der Waals surface area contributed by atoms with Crippen molar-refractivity contribution in [3.05, 3.63) is 52.2 Å². The number of thiophene rings is 1. The van der Waals surface area contributed by atoms with Gasteiger partial charge in [-0.25, -0.2) is 0 Å². The fraction of sp³-hybridized carbons (Fsp3) is 0.235. The summed E-state index contributed by atoms with van der Waals surface area (Å²) in [4.78, 5) is 24.2. The molecule has 2 aromatic rings. The highest BCUT2D eigenvalue weighted by Gasteiger charge is 2.06. The van der Waals surface area contributed by atoms with Gasteiger partial charge < -0.3 is 10.6 Å². The normalized spacial score (nSPS) is 9.87. The van der Waals surface area contributed by atoms with Crippen molar-refractivity contribution in [3.8, 4) is 6.07 Å². The summed E-state index contributed by atoms with van der Waals surface area (Å²) in [6.07, 6.45) is 1.28. The van der Waals surface area contributed by atoms with Gasteiger partial charge >= 0.3 is 0 Å². The van der Waals surface area contributed by atoms with Crippen LogP contribution in [0.25, 0.3) is 0 Å². The molecule has 5 nitrogen and oxygen atoms in total. The minimum atomic E-state index is -0.103. The van der Waals surface area contributed by atoms with Gasteiger partial charge in [0.2, 0.25) is 5.91 Å². The number of nitrogens with zero attached hydrogens (tertiary/aromatic N) is 1. The second-order valence-electron chi connectivity index (χ2n) is 4.92. The van der Waals surface area contributed by atoms with E-state index in [0.717, 1.165) is 5.56 Å². The molecule has 23 heavy (non-hydrogen) atoms. The lowest BCUT2D eigenvalue weighted by Crippen LogP contribution is -2.24. The molecule has 0 aliphatic rings. The van der Waals surface area contributed by atoms with E-state index in [1.165, 1.54) is 11.3 Å². The van der Waals surface area contributed by atoms with Gasteiger partial charge in [0.25, 0.3) is 5.91 Å². The minimum absolute atomic E-state index is 0.0941. The third-order valence-electron chi connectivity index (χ3n) is 3.13. The Morgan fingerprint density at radius 2 is 1.96 bits per heavy atom. The highest BCUT2D eigenvalue weighted by molar-refractivity contribution is 7.12. The van der Waals surface area contributed by atoms with Gasteiger partial charge in [0.15, 0.2) is 0 Å². The van der Waals surface area contributed by atoms with Crippen LogP contribution in [0.4, 0.5) is 5.69 Å². The monoisotopic (exact) mass is 327 g/mol. The number of carbonyl (C=O) groups is 2. The van der Waals surface area contributed by atoms with E-state index in [1.807, 2.05) is 23.6 Å². The molecule has 0 spiro atoms. The highest BCUT2D eigenvalue weighted by atomic mass is 32.1. The summed E-state index contributed by atoms with van der Waals surface area (Å²) in [5, 5.41) is 16.0. The van der Waals surface area contributed by atoms with Gasteiger partial charge in [0, 0.05) is 18.7 Å². The minimum Gasteiger partial charge on any atom is -0.351 e. The van der Waals surface area contributed by atoms with Crippen LogP contribution in [0, 0.1) is 11.3 Å². The van der Waals surface area contributed by atoms with Gasteiger partial charge in [0.1, 0.15) is 0 Å². The van der Waals surface area contributed by atoms with Crippen molar-refractivity contribution in [2.24, 2.45) is 0 Å². The van der Waals surface area contributed by atoms with E-state index in [9.17, 15) is 9.59 Å². The van der Waals surface area contributed by atoms with Gasteiger partial charge in [-0.2, -0.15) is 5.26 Å². The first-order valence-corrected chi connectivity index (χ1v) is 8.14. The van der Waals surface area contributed by atoms with Gasteiger partial charge in [-0.05, 0) is 35.6 Å². The third-order valence-corrected chi connectivity index (χ3v) is 4.00. The Bertz CT molecular complexity index is 688. The Balaban J connectivity index is 1.67. The molecule has 1 aromatic heterocycles. The van der Waals surface area contributed by atoms with Gasteiger partial charge in [-0.15, -0.1) is 11.3 Å². The summed E-state index contributed by atoms with van der Waals surface area (Å²) in [7, 11) is 0. The van der Waals surface area contributed by atoms with Crippen LogP contribution in [0.3, 0.4) is 0 Å². The van der Waals surface area contributed by atoms with Crippen LogP contribution in [0.15, 0.2) is 41.8 Å². The molecule has 2 rings (SSSR count). The predicted octanol–water partition coefficient (Wildman–Crippen LogP) is 2.96. The first kappa shape index (κ1) is 16.7.